The monoisotopic (exact) mass is 455 g/mol. The van der Waals surface area contributed by atoms with Gasteiger partial charge in [-0.1, -0.05) is 31.9 Å². The van der Waals surface area contributed by atoms with Crippen molar-refractivity contribution in [2.75, 3.05) is 0 Å². The van der Waals surface area contributed by atoms with E-state index >= 15 is 0 Å². The fraction of sp³-hybridized carbons (Fsp3) is 0.176. The number of benzene rings is 1. The molecule has 0 fully saturated rings. The number of ketones is 1. The van der Waals surface area contributed by atoms with Crippen molar-refractivity contribution >= 4 is 43.3 Å². The largest absolute Gasteiger partial charge is 0.508 e. The molecule has 1 atom stereocenters. The van der Waals surface area contributed by atoms with Crippen molar-refractivity contribution < 1.29 is 19.1 Å². The highest BCUT2D eigenvalue weighted by Gasteiger charge is 2.24. The van der Waals surface area contributed by atoms with Crippen LogP contribution in [0, 0.1) is 6.92 Å². The summed E-state index contributed by atoms with van der Waals surface area (Å²) in [5.74, 6) is -1.23. The predicted molar refractivity (Wildman–Crippen MR) is 97.5 cm³/mol. The van der Waals surface area contributed by atoms with Crippen LogP contribution in [-0.2, 0) is 0 Å². The second-order valence-electron chi connectivity index (χ2n) is 5.29. The lowest BCUT2D eigenvalue weighted by Crippen LogP contribution is -2.10. The van der Waals surface area contributed by atoms with Gasteiger partial charge in [0.2, 0.25) is 5.78 Å². The van der Waals surface area contributed by atoms with Gasteiger partial charge >= 0.3 is 0 Å². The Morgan fingerprint density at radius 1 is 1.38 bits per heavy atom. The minimum absolute atomic E-state index is 0.0279. The number of fused-ring (bicyclic) bond motifs is 1. The van der Waals surface area contributed by atoms with E-state index in [1.54, 1.807) is 12.1 Å². The van der Waals surface area contributed by atoms with Crippen molar-refractivity contribution in [3.8, 4) is 5.75 Å². The van der Waals surface area contributed by atoms with Crippen LogP contribution in [0.1, 0.15) is 44.4 Å². The number of rotatable bonds is 3. The number of halogens is 2. The first kappa shape index (κ1) is 13.6. The fourth-order valence-electron chi connectivity index (χ4n) is 2.30. The Morgan fingerprint density at radius 2 is 2.00 bits per heavy atom. The van der Waals surface area contributed by atoms with E-state index in [0.717, 1.165) is 9.96 Å². The van der Waals surface area contributed by atoms with Crippen molar-refractivity contribution in [3.63, 3.8) is 0 Å². The molecule has 2 N–H and O–H groups in total. The first-order chi connectivity index (χ1) is 12.6. The van der Waals surface area contributed by atoms with Gasteiger partial charge in [-0.2, -0.15) is 0 Å². The number of aromatic nitrogens is 2. The third-order valence-electron chi connectivity index (χ3n) is 3.57. The van der Waals surface area contributed by atoms with Gasteiger partial charge in [-0.25, -0.2) is 4.98 Å². The molecule has 0 saturated carbocycles. The highest BCUT2D eigenvalue weighted by Crippen LogP contribution is 2.29. The van der Waals surface area contributed by atoms with Crippen LogP contribution in [0.25, 0.3) is 5.65 Å². The summed E-state index contributed by atoms with van der Waals surface area (Å²) in [5, 5.41) is 20.0. The van der Waals surface area contributed by atoms with Crippen LogP contribution in [0.3, 0.4) is 0 Å². The molecule has 24 heavy (non-hydrogen) atoms. The smallest absolute Gasteiger partial charge is 0.211 e. The van der Waals surface area contributed by atoms with Gasteiger partial charge in [-0.3, -0.25) is 9.20 Å². The van der Waals surface area contributed by atoms with Crippen LogP contribution in [0.4, 0.5) is 0 Å². The van der Waals surface area contributed by atoms with Crippen LogP contribution in [0.5, 0.6) is 5.75 Å². The maximum atomic E-state index is 13.2. The molecule has 2 heterocycles. The van der Waals surface area contributed by atoms with E-state index in [9.17, 15) is 15.0 Å². The molecule has 0 radical (unpaired) electrons. The highest BCUT2D eigenvalue weighted by molar-refractivity contribution is 9.11. The van der Waals surface area contributed by atoms with Gasteiger partial charge in [0, 0.05) is 26.7 Å². The molecule has 0 aliphatic rings. The summed E-state index contributed by atoms with van der Waals surface area (Å²) in [5.41, 5.74) is 0.856. The van der Waals surface area contributed by atoms with E-state index in [2.05, 4.69) is 36.8 Å². The summed E-state index contributed by atoms with van der Waals surface area (Å²) in [6.07, 6.45) is -1.65. The third kappa shape index (κ3) is 2.87. The Labute approximate surface area is 159 Å². The Morgan fingerprint density at radius 3 is 2.58 bits per heavy atom. The molecule has 0 amide bonds. The second kappa shape index (κ2) is 6.31. The quantitative estimate of drug-likeness (QED) is 0.580. The zero-order valence-corrected chi connectivity index (χ0v) is 15.9. The van der Waals surface area contributed by atoms with Crippen LogP contribution in [0.15, 0.2) is 39.3 Å². The van der Waals surface area contributed by atoms with Crippen LogP contribution in [-0.4, -0.2) is 25.4 Å². The van der Waals surface area contributed by atoms with Crippen molar-refractivity contribution in [3.05, 3.63) is 61.9 Å². The van der Waals surface area contributed by atoms with Crippen molar-refractivity contribution in [2.45, 2.75) is 20.0 Å². The fourth-order valence-corrected chi connectivity index (χ4v) is 3.48. The predicted octanol–water partition coefficient (Wildman–Crippen LogP) is 4.16. The van der Waals surface area contributed by atoms with E-state index in [-0.39, 0.29) is 22.6 Å². The Hall–Kier alpha value is -1.70. The van der Waals surface area contributed by atoms with E-state index in [1.165, 1.54) is 6.92 Å². The van der Waals surface area contributed by atoms with Crippen LogP contribution >= 0.6 is 31.9 Å². The lowest BCUT2D eigenvalue weighted by atomic mass is 10.0. The van der Waals surface area contributed by atoms with E-state index in [4.69, 9.17) is 4.11 Å². The third-order valence-corrected chi connectivity index (χ3v) is 5.22. The molecule has 0 aliphatic carbocycles. The second-order valence-corrected chi connectivity index (χ2v) is 6.99. The molecular formula is C17H14Br2N2O3. The van der Waals surface area contributed by atoms with E-state index < -0.39 is 35.9 Å². The van der Waals surface area contributed by atoms with Crippen molar-refractivity contribution in [2.24, 2.45) is 0 Å². The van der Waals surface area contributed by atoms with E-state index in [1.807, 2.05) is 6.92 Å². The number of aromatic hydroxyl groups is 1. The number of nitrogens with zero attached hydrogens (tertiary/aromatic N) is 2. The normalized spacial score (nSPS) is 14.3. The first-order valence-electron chi connectivity index (χ1n) is 8.45. The van der Waals surface area contributed by atoms with Gasteiger partial charge in [0.25, 0.3) is 0 Å². The summed E-state index contributed by atoms with van der Waals surface area (Å²) in [6, 6.07) is 2.15. The van der Waals surface area contributed by atoms with Gasteiger partial charge in [0.1, 0.15) is 17.1 Å². The maximum Gasteiger partial charge on any atom is 0.211 e. The summed E-state index contributed by atoms with van der Waals surface area (Å²) in [6.45, 7) is 3.27. The molecule has 3 aromatic rings. The molecule has 0 saturated heterocycles. The van der Waals surface area contributed by atoms with Crippen LogP contribution < -0.4 is 0 Å². The summed E-state index contributed by atoms with van der Waals surface area (Å²) >= 11 is 6.78. The molecule has 0 aliphatic heterocycles. The average Bonchev–Trinajstić information content (AvgIpc) is 3.02. The topological polar surface area (TPSA) is 74.8 Å². The highest BCUT2D eigenvalue weighted by atomic mass is 79.9. The molecule has 2 aromatic heterocycles. The molecule has 0 spiro atoms. The minimum atomic E-state index is -1.16. The summed E-state index contributed by atoms with van der Waals surface area (Å²) in [4.78, 5) is 17.3. The number of aliphatic hydroxyl groups excluding tert-OH is 1. The first-order valence-corrected chi connectivity index (χ1v) is 8.54. The molecule has 3 rings (SSSR count). The van der Waals surface area contributed by atoms with Crippen molar-refractivity contribution in [1.82, 2.24) is 9.38 Å². The van der Waals surface area contributed by atoms with E-state index in [0.29, 0.717) is 8.95 Å². The number of hydrogen-bond acceptors (Lipinski definition) is 4. The summed E-state index contributed by atoms with van der Waals surface area (Å²) < 4.78 is 26.3. The maximum absolute atomic E-state index is 13.2. The lowest BCUT2D eigenvalue weighted by Gasteiger charge is -2.09. The molecule has 5 nitrogen and oxygen atoms in total. The zero-order valence-electron chi connectivity index (χ0n) is 15.7. The van der Waals surface area contributed by atoms with Gasteiger partial charge < -0.3 is 10.2 Å². The number of imidazole rings is 1. The zero-order chi connectivity index (χ0) is 20.2. The number of hydrogen-bond donors (Lipinski definition) is 2. The Balaban J connectivity index is 2.40. The lowest BCUT2D eigenvalue weighted by molar-refractivity contribution is 0.102. The minimum Gasteiger partial charge on any atom is -0.508 e. The average molecular weight is 457 g/mol. The number of pyridine rings is 1. The molecular weight excluding hydrogens is 440 g/mol. The Kier molecular flexibility index (Phi) is 3.57. The van der Waals surface area contributed by atoms with Gasteiger partial charge in [0.15, 0.2) is 0 Å². The molecule has 0 bridgehead atoms. The van der Waals surface area contributed by atoms with Crippen molar-refractivity contribution in [1.29, 1.82) is 0 Å². The molecule has 7 heteroatoms. The van der Waals surface area contributed by atoms with Gasteiger partial charge in [0.05, 0.1) is 15.9 Å². The standard InChI is InChI=1S/C17H14Br2N2O3/c1-8-12(18)5-10(6-13(8)19)17(24)16-15(9(2)22)20-14-7-11(23)3-4-21(14)16/h3-7,9,22-23H,1-2H3/i3D,4D,7D. The van der Waals surface area contributed by atoms with Crippen LogP contribution in [0.2, 0.25) is 0 Å². The van der Waals surface area contributed by atoms with Gasteiger partial charge in [-0.05, 0) is 37.6 Å². The number of aliphatic hydroxyl groups is 1. The summed E-state index contributed by atoms with van der Waals surface area (Å²) in [7, 11) is 0. The number of carbonyl (C=O) groups is 1. The SMILES string of the molecule is [2H]c1c(O)c([2H])c2nc(C(C)O)c(C(=O)c3cc(Br)c(C)c(Br)c3)n2c1[2H]. The van der Waals surface area contributed by atoms with Gasteiger partial charge in [-0.15, -0.1) is 0 Å². The number of carbonyl (C=O) groups excluding carboxylic acids is 1. The Bertz CT molecular complexity index is 1090. The molecule has 1 unspecified atom stereocenters. The molecule has 1 aromatic carbocycles. The molecule has 124 valence electrons.